The van der Waals surface area contributed by atoms with E-state index >= 15 is 0 Å². The van der Waals surface area contributed by atoms with Gasteiger partial charge in [-0.1, -0.05) is 6.07 Å². The third-order valence-corrected chi connectivity index (χ3v) is 1.81. The lowest BCUT2D eigenvalue weighted by atomic mass is 10.2. The molecule has 0 aliphatic rings. The molecule has 5 heteroatoms. The van der Waals surface area contributed by atoms with Crippen molar-refractivity contribution in [1.29, 1.82) is 0 Å². The van der Waals surface area contributed by atoms with Gasteiger partial charge in [-0.15, -0.1) is 0 Å². The average molecular weight is 212 g/mol. The van der Waals surface area contributed by atoms with E-state index in [1.165, 1.54) is 18.2 Å². The predicted octanol–water partition coefficient (Wildman–Crippen LogP) is 0.836. The van der Waals surface area contributed by atoms with Crippen LogP contribution >= 0.6 is 0 Å². The van der Waals surface area contributed by atoms with Gasteiger partial charge < -0.3 is 10.2 Å². The lowest BCUT2D eigenvalue weighted by Gasteiger charge is -2.04. The fourth-order valence-corrected chi connectivity index (χ4v) is 1.09. The van der Waals surface area contributed by atoms with Crippen LogP contribution in [0.1, 0.15) is 16.8 Å². The van der Waals surface area contributed by atoms with Gasteiger partial charge in [0.25, 0.3) is 5.91 Å². The second-order valence-corrected chi connectivity index (χ2v) is 2.99. The molecule has 1 aromatic carbocycles. The van der Waals surface area contributed by atoms with E-state index < -0.39 is 5.82 Å². The largest absolute Gasteiger partial charge is 0.352 e. The Labute approximate surface area is 87.2 Å². The summed E-state index contributed by atoms with van der Waals surface area (Å²) >= 11 is 0. The Hall–Kier alpha value is -1.46. The first-order valence-corrected chi connectivity index (χ1v) is 4.59. The van der Waals surface area contributed by atoms with Gasteiger partial charge in [-0.25, -0.2) is 10.3 Å². The van der Waals surface area contributed by atoms with E-state index in [2.05, 4.69) is 10.2 Å². The molecule has 1 amide bonds. The molecule has 4 nitrogen and oxygen atoms in total. The first-order chi connectivity index (χ1) is 7.24. The minimum absolute atomic E-state index is 0.300. The molecule has 0 saturated heterocycles. The minimum Gasteiger partial charge on any atom is -0.352 e. The van der Waals surface area contributed by atoms with Crippen molar-refractivity contribution in [3.05, 3.63) is 35.6 Å². The van der Waals surface area contributed by atoms with Crippen LogP contribution in [0.3, 0.4) is 0 Å². The van der Waals surface area contributed by atoms with Crippen LogP contribution in [0, 0.1) is 5.82 Å². The van der Waals surface area contributed by atoms with E-state index in [4.69, 9.17) is 5.90 Å². The highest BCUT2D eigenvalue weighted by atomic mass is 19.1. The summed E-state index contributed by atoms with van der Waals surface area (Å²) in [7, 11) is 0. The van der Waals surface area contributed by atoms with Crippen LogP contribution < -0.4 is 11.2 Å². The molecule has 1 aromatic rings. The quantitative estimate of drug-likeness (QED) is 0.561. The van der Waals surface area contributed by atoms with Crippen LogP contribution in [0.15, 0.2) is 24.3 Å². The number of benzene rings is 1. The standard InChI is InChI=1S/C10H13FN2O2/c11-9-4-1-3-8(7-9)10(14)13-5-2-6-15-12/h1,3-4,7H,2,5-6,12H2,(H,13,14). The van der Waals surface area contributed by atoms with E-state index in [9.17, 15) is 9.18 Å². The third kappa shape index (κ3) is 4.05. The second kappa shape index (κ2) is 6.10. The van der Waals surface area contributed by atoms with Crippen molar-refractivity contribution in [3.63, 3.8) is 0 Å². The highest BCUT2D eigenvalue weighted by molar-refractivity contribution is 5.94. The van der Waals surface area contributed by atoms with Crippen molar-refractivity contribution in [1.82, 2.24) is 5.32 Å². The van der Waals surface area contributed by atoms with Crippen LogP contribution in [0.25, 0.3) is 0 Å². The number of rotatable bonds is 5. The number of amides is 1. The van der Waals surface area contributed by atoms with Gasteiger partial charge in [0.15, 0.2) is 0 Å². The van der Waals surface area contributed by atoms with E-state index in [0.717, 1.165) is 0 Å². The topological polar surface area (TPSA) is 64.3 Å². The molecule has 0 bridgehead atoms. The fraction of sp³-hybridized carbons (Fsp3) is 0.300. The van der Waals surface area contributed by atoms with Crippen LogP contribution in [-0.2, 0) is 4.84 Å². The van der Waals surface area contributed by atoms with Crippen LogP contribution in [0.5, 0.6) is 0 Å². The molecule has 0 radical (unpaired) electrons. The third-order valence-electron chi connectivity index (χ3n) is 1.81. The number of carbonyl (C=O) groups excluding carboxylic acids is 1. The summed E-state index contributed by atoms with van der Waals surface area (Å²) in [5.74, 6) is 4.09. The van der Waals surface area contributed by atoms with Crippen molar-refractivity contribution in [3.8, 4) is 0 Å². The van der Waals surface area contributed by atoms with E-state index in [-0.39, 0.29) is 5.91 Å². The summed E-state index contributed by atoms with van der Waals surface area (Å²) in [6.07, 6.45) is 0.623. The molecular weight excluding hydrogens is 199 g/mol. The maximum absolute atomic E-state index is 12.8. The van der Waals surface area contributed by atoms with E-state index in [0.29, 0.717) is 25.1 Å². The maximum atomic E-state index is 12.8. The van der Waals surface area contributed by atoms with E-state index in [1.807, 2.05) is 0 Å². The SMILES string of the molecule is NOCCCNC(=O)c1cccc(F)c1. The van der Waals surface area contributed by atoms with Crippen LogP contribution in [-0.4, -0.2) is 19.1 Å². The van der Waals surface area contributed by atoms with Crippen LogP contribution in [0.2, 0.25) is 0 Å². The Kier molecular flexibility index (Phi) is 4.73. The lowest BCUT2D eigenvalue weighted by Crippen LogP contribution is -2.25. The number of halogens is 1. The summed E-state index contributed by atoms with van der Waals surface area (Å²) in [5, 5.41) is 2.62. The van der Waals surface area contributed by atoms with Gasteiger partial charge in [-0.2, -0.15) is 0 Å². The first-order valence-electron chi connectivity index (χ1n) is 4.59. The highest BCUT2D eigenvalue weighted by Gasteiger charge is 2.04. The second-order valence-electron chi connectivity index (χ2n) is 2.99. The molecule has 0 fully saturated rings. The number of hydrogen-bond acceptors (Lipinski definition) is 3. The summed E-state index contributed by atoms with van der Waals surface area (Å²) in [6, 6.07) is 5.53. The van der Waals surface area contributed by atoms with Gasteiger partial charge >= 0.3 is 0 Å². The average Bonchev–Trinajstić information content (AvgIpc) is 2.24. The normalized spacial score (nSPS) is 10.0. The number of nitrogens with two attached hydrogens (primary N) is 1. The minimum atomic E-state index is -0.423. The zero-order valence-electron chi connectivity index (χ0n) is 8.20. The highest BCUT2D eigenvalue weighted by Crippen LogP contribution is 2.02. The molecule has 0 heterocycles. The Morgan fingerprint density at radius 2 is 2.33 bits per heavy atom. The van der Waals surface area contributed by atoms with Gasteiger partial charge in [0.05, 0.1) is 6.61 Å². The molecule has 15 heavy (non-hydrogen) atoms. The van der Waals surface area contributed by atoms with Gasteiger partial charge in [0.2, 0.25) is 0 Å². The van der Waals surface area contributed by atoms with Crippen molar-refractivity contribution < 1.29 is 14.0 Å². The van der Waals surface area contributed by atoms with Crippen molar-refractivity contribution in [2.45, 2.75) is 6.42 Å². The molecule has 0 aliphatic heterocycles. The zero-order valence-corrected chi connectivity index (χ0v) is 8.20. The summed E-state index contributed by atoms with van der Waals surface area (Å²) in [5.41, 5.74) is 0.309. The summed E-state index contributed by atoms with van der Waals surface area (Å²) < 4.78 is 12.8. The zero-order chi connectivity index (χ0) is 11.1. The summed E-state index contributed by atoms with van der Waals surface area (Å²) in [6.45, 7) is 0.829. The molecule has 3 N–H and O–H groups in total. The molecule has 1 rings (SSSR count). The maximum Gasteiger partial charge on any atom is 0.251 e. The summed E-state index contributed by atoms with van der Waals surface area (Å²) in [4.78, 5) is 15.7. The predicted molar refractivity (Wildman–Crippen MR) is 53.5 cm³/mol. The van der Waals surface area contributed by atoms with Crippen molar-refractivity contribution in [2.24, 2.45) is 5.90 Å². The molecule has 0 atom stereocenters. The molecule has 0 saturated carbocycles. The smallest absolute Gasteiger partial charge is 0.251 e. The van der Waals surface area contributed by atoms with Crippen molar-refractivity contribution >= 4 is 5.91 Å². The number of hydrogen-bond donors (Lipinski definition) is 2. The molecule has 0 aliphatic carbocycles. The number of carbonyl (C=O) groups is 1. The monoisotopic (exact) mass is 212 g/mol. The van der Waals surface area contributed by atoms with Gasteiger partial charge in [0.1, 0.15) is 5.82 Å². The van der Waals surface area contributed by atoms with Crippen LogP contribution in [0.4, 0.5) is 4.39 Å². The molecule has 82 valence electrons. The first kappa shape index (κ1) is 11.6. The number of nitrogens with one attached hydrogen (secondary N) is 1. The molecule has 0 spiro atoms. The Morgan fingerprint density at radius 3 is 3.00 bits per heavy atom. The Balaban J connectivity index is 2.40. The van der Waals surface area contributed by atoms with E-state index in [1.54, 1.807) is 6.07 Å². The van der Waals surface area contributed by atoms with Gasteiger partial charge in [0, 0.05) is 12.1 Å². The Morgan fingerprint density at radius 1 is 1.53 bits per heavy atom. The van der Waals surface area contributed by atoms with Gasteiger partial charge in [-0.3, -0.25) is 4.79 Å². The fourth-order valence-electron chi connectivity index (χ4n) is 1.09. The van der Waals surface area contributed by atoms with Crippen molar-refractivity contribution in [2.75, 3.05) is 13.2 Å². The lowest BCUT2D eigenvalue weighted by molar-refractivity contribution is 0.0941. The molecule has 0 unspecified atom stereocenters. The van der Waals surface area contributed by atoms with Gasteiger partial charge in [-0.05, 0) is 24.6 Å². The molecule has 0 aromatic heterocycles. The molecular formula is C10H13FN2O2. The Bertz CT molecular complexity index is 331.